The zero-order chi connectivity index (χ0) is 17.0. The molecular formula is C15H15N3O4S. The molecule has 0 radical (unpaired) electrons. The number of amides is 1. The van der Waals surface area contributed by atoms with Gasteiger partial charge in [0.15, 0.2) is 11.5 Å². The molecule has 1 amide bonds. The van der Waals surface area contributed by atoms with Gasteiger partial charge in [-0.2, -0.15) is 0 Å². The number of sulfonamides is 1. The van der Waals surface area contributed by atoms with E-state index in [0.717, 1.165) is 0 Å². The van der Waals surface area contributed by atoms with Gasteiger partial charge in [0.2, 0.25) is 0 Å². The summed E-state index contributed by atoms with van der Waals surface area (Å²) in [5.74, 6) is -1.42. The number of hydrogen-bond donors (Lipinski definition) is 2. The molecule has 1 aromatic carbocycles. The molecular weight excluding hydrogens is 318 g/mol. The highest BCUT2D eigenvalue weighted by Gasteiger charge is 2.36. The summed E-state index contributed by atoms with van der Waals surface area (Å²) in [4.78, 5) is 14.9. The zero-order valence-corrected chi connectivity index (χ0v) is 13.1. The molecule has 1 aliphatic heterocycles. The predicted molar refractivity (Wildman–Crippen MR) is 84.4 cm³/mol. The van der Waals surface area contributed by atoms with Crippen molar-refractivity contribution in [3.05, 3.63) is 66.1 Å². The maximum atomic E-state index is 12.0. The molecule has 23 heavy (non-hydrogen) atoms. The third-order valence-electron chi connectivity index (χ3n) is 3.12. The first kappa shape index (κ1) is 16.5. The number of carbonyl (C=O) groups excluding carboxylic acids is 1. The standard InChI is InChI=1S/C10H10N2O4S.C5H5N/c1-12-8(10(11)14)9(13)6-4-2-3-5-7(6)17(12,15)16;1-2-4-6-5-3-1/h2-5,13H,1H3,(H2,11,14);1-5H. The molecule has 0 saturated heterocycles. The van der Waals surface area contributed by atoms with Crippen molar-refractivity contribution in [2.24, 2.45) is 5.73 Å². The highest BCUT2D eigenvalue weighted by molar-refractivity contribution is 7.89. The van der Waals surface area contributed by atoms with E-state index in [-0.39, 0.29) is 10.5 Å². The first-order valence-electron chi connectivity index (χ1n) is 6.53. The molecule has 3 N–H and O–H groups in total. The highest BCUT2D eigenvalue weighted by Crippen LogP contribution is 2.33. The lowest BCUT2D eigenvalue weighted by Gasteiger charge is -2.27. The van der Waals surface area contributed by atoms with Gasteiger partial charge in [-0.1, -0.05) is 18.2 Å². The topological polar surface area (TPSA) is 114 Å². The Morgan fingerprint density at radius 1 is 1.13 bits per heavy atom. The van der Waals surface area contributed by atoms with Crippen molar-refractivity contribution in [2.75, 3.05) is 7.05 Å². The van der Waals surface area contributed by atoms with Crippen LogP contribution in [0.2, 0.25) is 0 Å². The van der Waals surface area contributed by atoms with Gasteiger partial charge in [-0.25, -0.2) is 8.42 Å². The Bertz CT molecular complexity index is 821. The quantitative estimate of drug-likeness (QED) is 0.811. The van der Waals surface area contributed by atoms with Crippen molar-refractivity contribution in [1.82, 2.24) is 9.29 Å². The van der Waals surface area contributed by atoms with Gasteiger partial charge in [0, 0.05) is 25.0 Å². The Kier molecular flexibility index (Phi) is 4.65. The van der Waals surface area contributed by atoms with E-state index < -0.39 is 27.4 Å². The van der Waals surface area contributed by atoms with Crippen LogP contribution in [-0.4, -0.2) is 35.8 Å². The Balaban J connectivity index is 0.000000268. The van der Waals surface area contributed by atoms with Gasteiger partial charge in [0.1, 0.15) is 0 Å². The van der Waals surface area contributed by atoms with E-state index in [2.05, 4.69) is 4.98 Å². The first-order chi connectivity index (χ1) is 10.9. The number of nitrogens with two attached hydrogens (primary N) is 1. The Morgan fingerprint density at radius 2 is 1.74 bits per heavy atom. The molecule has 7 nitrogen and oxygen atoms in total. The third-order valence-corrected chi connectivity index (χ3v) is 4.94. The van der Waals surface area contributed by atoms with Crippen LogP contribution in [0.4, 0.5) is 0 Å². The number of likely N-dealkylation sites (N-methyl/N-ethyl adjacent to an activating group) is 1. The molecule has 2 aromatic rings. The van der Waals surface area contributed by atoms with Crippen LogP contribution >= 0.6 is 0 Å². The highest BCUT2D eigenvalue weighted by atomic mass is 32.2. The minimum atomic E-state index is -3.83. The number of fused-ring (bicyclic) bond motifs is 1. The van der Waals surface area contributed by atoms with Gasteiger partial charge in [-0.15, -0.1) is 0 Å². The van der Waals surface area contributed by atoms with Gasteiger partial charge in [-0.05, 0) is 24.3 Å². The van der Waals surface area contributed by atoms with E-state index in [1.54, 1.807) is 18.5 Å². The zero-order valence-electron chi connectivity index (χ0n) is 12.2. The number of benzene rings is 1. The van der Waals surface area contributed by atoms with Crippen molar-refractivity contribution >= 4 is 21.7 Å². The largest absolute Gasteiger partial charge is 0.505 e. The van der Waals surface area contributed by atoms with Crippen molar-refractivity contribution in [1.29, 1.82) is 0 Å². The van der Waals surface area contributed by atoms with Crippen LogP contribution in [0.1, 0.15) is 5.56 Å². The lowest BCUT2D eigenvalue weighted by atomic mass is 10.1. The van der Waals surface area contributed by atoms with E-state index in [1.165, 1.54) is 25.2 Å². The molecule has 0 atom stereocenters. The molecule has 3 rings (SSSR count). The lowest BCUT2D eigenvalue weighted by Crippen LogP contribution is -2.37. The van der Waals surface area contributed by atoms with Crippen LogP contribution in [0.15, 0.2) is 65.5 Å². The fourth-order valence-corrected chi connectivity index (χ4v) is 3.42. The average Bonchev–Trinajstić information content (AvgIpc) is 2.55. The molecule has 0 bridgehead atoms. The van der Waals surface area contributed by atoms with E-state index >= 15 is 0 Å². The minimum absolute atomic E-state index is 0.0509. The number of aliphatic hydroxyl groups excluding tert-OH is 1. The number of aliphatic hydroxyl groups is 1. The normalized spacial score (nSPS) is 15.3. The summed E-state index contributed by atoms with van der Waals surface area (Å²) in [6.45, 7) is 0. The van der Waals surface area contributed by atoms with Crippen molar-refractivity contribution in [2.45, 2.75) is 4.90 Å². The number of primary amides is 1. The van der Waals surface area contributed by atoms with E-state index in [1.807, 2.05) is 18.2 Å². The van der Waals surface area contributed by atoms with Crippen LogP contribution in [0.5, 0.6) is 0 Å². The predicted octanol–water partition coefficient (Wildman–Crippen LogP) is 1.11. The van der Waals surface area contributed by atoms with Crippen molar-refractivity contribution in [3.8, 4) is 0 Å². The number of nitrogens with zero attached hydrogens (tertiary/aromatic N) is 2. The first-order valence-corrected chi connectivity index (χ1v) is 7.97. The molecule has 8 heteroatoms. The van der Waals surface area contributed by atoms with Crippen LogP contribution in [-0.2, 0) is 14.8 Å². The molecule has 0 aliphatic carbocycles. The van der Waals surface area contributed by atoms with Crippen LogP contribution in [0, 0.1) is 0 Å². The second-order valence-corrected chi connectivity index (χ2v) is 6.49. The fourth-order valence-electron chi connectivity index (χ4n) is 2.02. The second-order valence-electron chi connectivity index (χ2n) is 4.55. The maximum absolute atomic E-state index is 12.0. The van der Waals surface area contributed by atoms with Gasteiger partial charge in [0.05, 0.1) is 4.90 Å². The summed E-state index contributed by atoms with van der Waals surface area (Å²) in [6.07, 6.45) is 3.50. The summed E-state index contributed by atoms with van der Waals surface area (Å²) in [5.41, 5.74) is 4.72. The number of pyridine rings is 1. The Labute approximate surface area is 133 Å². The number of hydrogen-bond acceptors (Lipinski definition) is 5. The molecule has 0 fully saturated rings. The fraction of sp³-hybridized carbons (Fsp3) is 0.0667. The lowest BCUT2D eigenvalue weighted by molar-refractivity contribution is -0.115. The molecule has 120 valence electrons. The number of rotatable bonds is 1. The average molecular weight is 333 g/mol. The second kappa shape index (κ2) is 6.49. The van der Waals surface area contributed by atoms with E-state index in [9.17, 15) is 18.3 Å². The molecule has 1 aromatic heterocycles. The van der Waals surface area contributed by atoms with E-state index in [4.69, 9.17) is 5.73 Å². The minimum Gasteiger partial charge on any atom is -0.505 e. The summed E-state index contributed by atoms with van der Waals surface area (Å²) in [5, 5.41) is 9.87. The molecule has 0 unspecified atom stereocenters. The maximum Gasteiger partial charge on any atom is 0.269 e. The Morgan fingerprint density at radius 3 is 2.22 bits per heavy atom. The summed E-state index contributed by atoms with van der Waals surface area (Å²) >= 11 is 0. The van der Waals surface area contributed by atoms with Crippen molar-refractivity contribution < 1.29 is 18.3 Å². The summed E-state index contributed by atoms with van der Waals surface area (Å²) in [7, 11) is -2.66. The number of aromatic nitrogens is 1. The third kappa shape index (κ3) is 3.16. The smallest absolute Gasteiger partial charge is 0.269 e. The van der Waals surface area contributed by atoms with Gasteiger partial charge < -0.3 is 10.8 Å². The SMILES string of the molecule is CN1C(C(N)=O)=C(O)c2ccccc2S1(=O)=O.c1ccncc1. The van der Waals surface area contributed by atoms with Crippen LogP contribution < -0.4 is 5.73 Å². The number of carbonyl (C=O) groups is 1. The Hall–Kier alpha value is -2.87. The van der Waals surface area contributed by atoms with Crippen LogP contribution in [0.3, 0.4) is 0 Å². The molecule has 1 aliphatic rings. The van der Waals surface area contributed by atoms with E-state index in [0.29, 0.717) is 4.31 Å². The van der Waals surface area contributed by atoms with Crippen molar-refractivity contribution in [3.63, 3.8) is 0 Å². The molecule has 0 spiro atoms. The molecule has 2 heterocycles. The summed E-state index contributed by atoms with van der Waals surface area (Å²) in [6, 6.07) is 11.6. The van der Waals surface area contributed by atoms with Gasteiger partial charge in [-0.3, -0.25) is 14.1 Å². The van der Waals surface area contributed by atoms with Crippen LogP contribution in [0.25, 0.3) is 5.76 Å². The van der Waals surface area contributed by atoms with Gasteiger partial charge in [0.25, 0.3) is 15.9 Å². The summed E-state index contributed by atoms with van der Waals surface area (Å²) < 4.78 is 24.8. The monoisotopic (exact) mass is 333 g/mol. The van der Waals surface area contributed by atoms with Gasteiger partial charge >= 0.3 is 0 Å². The molecule has 0 saturated carbocycles.